The van der Waals surface area contributed by atoms with Crippen LogP contribution in [-0.4, -0.2) is 49.8 Å². The fourth-order valence-electron chi connectivity index (χ4n) is 1.85. The van der Waals surface area contributed by atoms with E-state index < -0.39 is 24.0 Å². The Balaban J connectivity index is 4.35. The van der Waals surface area contributed by atoms with Crippen LogP contribution in [0.1, 0.15) is 34.6 Å². The first-order valence-corrected chi connectivity index (χ1v) is 8.50. The molecule has 0 spiro atoms. The van der Waals surface area contributed by atoms with Crippen molar-refractivity contribution in [3.8, 4) is 0 Å². The van der Waals surface area contributed by atoms with Crippen molar-refractivity contribution < 1.29 is 28.7 Å². The highest BCUT2D eigenvalue weighted by Gasteiger charge is 2.08. The van der Waals surface area contributed by atoms with Crippen LogP contribution in [0.5, 0.6) is 0 Å². The fourth-order valence-corrected chi connectivity index (χ4v) is 1.85. The van der Waals surface area contributed by atoms with Crippen molar-refractivity contribution in [2.45, 2.75) is 40.7 Å². The standard InChI is InChI=1S/C17H28N4O6/c1-6-26-16(24)20-14(22)8-11(3)18-10-13(5)19-12(4)9-15(23)21-17(25)27-7-2/h8-9,13,18-19H,6-7,10H2,1-5H3,(H,20,22,24)(H,21,23,25)/b11-8-,12-9+/t13-/m0/s1. The van der Waals surface area contributed by atoms with Crippen LogP contribution in [0.25, 0.3) is 0 Å². The average Bonchev–Trinajstić information content (AvgIpc) is 2.52. The molecule has 0 aromatic heterocycles. The highest BCUT2D eigenvalue weighted by Crippen LogP contribution is 1.94. The summed E-state index contributed by atoms with van der Waals surface area (Å²) in [5, 5.41) is 10.2. The molecule has 0 bridgehead atoms. The highest BCUT2D eigenvalue weighted by atomic mass is 16.6. The van der Waals surface area contributed by atoms with Crippen molar-refractivity contribution in [3.63, 3.8) is 0 Å². The van der Waals surface area contributed by atoms with Gasteiger partial charge in [0, 0.05) is 36.1 Å². The highest BCUT2D eigenvalue weighted by molar-refractivity contribution is 5.99. The van der Waals surface area contributed by atoms with Crippen molar-refractivity contribution in [3.05, 3.63) is 23.5 Å². The monoisotopic (exact) mass is 384 g/mol. The van der Waals surface area contributed by atoms with Crippen molar-refractivity contribution >= 4 is 24.0 Å². The Hall–Kier alpha value is -3.04. The number of imide groups is 2. The number of alkyl carbamates (subject to hydrolysis) is 2. The number of carbonyl (C=O) groups excluding carboxylic acids is 4. The van der Waals surface area contributed by atoms with Crippen molar-refractivity contribution in [2.75, 3.05) is 19.8 Å². The third-order valence-electron chi connectivity index (χ3n) is 2.86. The molecule has 10 nitrogen and oxygen atoms in total. The SMILES string of the molecule is CCOC(=O)NC(=O)/C=C(/C)NC[C@H](C)N/C(C)=C/C(=O)NC(=O)OCC. The lowest BCUT2D eigenvalue weighted by molar-refractivity contribution is -0.116. The van der Waals surface area contributed by atoms with Gasteiger partial charge in [-0.15, -0.1) is 0 Å². The number of allylic oxidation sites excluding steroid dienone is 2. The zero-order valence-electron chi connectivity index (χ0n) is 16.3. The Morgan fingerprint density at radius 1 is 0.852 bits per heavy atom. The Morgan fingerprint density at radius 3 is 1.74 bits per heavy atom. The second-order valence-corrected chi connectivity index (χ2v) is 5.50. The van der Waals surface area contributed by atoms with Gasteiger partial charge < -0.3 is 20.1 Å². The lowest BCUT2D eigenvalue weighted by Crippen LogP contribution is -2.36. The van der Waals surface area contributed by atoms with Gasteiger partial charge >= 0.3 is 12.2 Å². The van der Waals surface area contributed by atoms with Gasteiger partial charge in [-0.1, -0.05) is 0 Å². The van der Waals surface area contributed by atoms with Gasteiger partial charge in [-0.3, -0.25) is 20.2 Å². The summed E-state index contributed by atoms with van der Waals surface area (Å²) in [4.78, 5) is 45.5. The van der Waals surface area contributed by atoms with Crippen LogP contribution in [0.2, 0.25) is 0 Å². The summed E-state index contributed by atoms with van der Waals surface area (Å²) in [6.45, 7) is 9.28. The minimum absolute atomic E-state index is 0.0897. The third-order valence-corrected chi connectivity index (χ3v) is 2.86. The molecule has 0 fully saturated rings. The number of ether oxygens (including phenoxy) is 2. The van der Waals surface area contributed by atoms with Gasteiger partial charge in [0.05, 0.1) is 13.2 Å². The number of carbonyl (C=O) groups is 4. The molecule has 0 radical (unpaired) electrons. The first-order chi connectivity index (χ1) is 12.7. The van der Waals surface area contributed by atoms with Crippen LogP contribution in [0.4, 0.5) is 9.59 Å². The van der Waals surface area contributed by atoms with Crippen LogP contribution in [0.15, 0.2) is 23.5 Å². The molecule has 0 saturated carbocycles. The van der Waals surface area contributed by atoms with Crippen molar-refractivity contribution in [1.29, 1.82) is 0 Å². The zero-order valence-corrected chi connectivity index (χ0v) is 16.3. The number of hydrogen-bond donors (Lipinski definition) is 4. The quantitative estimate of drug-likeness (QED) is 0.431. The Morgan fingerprint density at radius 2 is 1.30 bits per heavy atom. The maximum absolute atomic E-state index is 11.6. The van der Waals surface area contributed by atoms with Gasteiger partial charge in [0.25, 0.3) is 11.8 Å². The van der Waals surface area contributed by atoms with Crippen molar-refractivity contribution in [2.24, 2.45) is 0 Å². The molecule has 0 rings (SSSR count). The summed E-state index contributed by atoms with van der Waals surface area (Å²) in [5.41, 5.74) is 1.10. The van der Waals surface area contributed by atoms with Gasteiger partial charge in [-0.05, 0) is 34.6 Å². The van der Waals surface area contributed by atoms with E-state index in [2.05, 4.69) is 30.7 Å². The number of amides is 4. The first-order valence-electron chi connectivity index (χ1n) is 8.50. The molecule has 0 aliphatic carbocycles. The zero-order chi connectivity index (χ0) is 20.8. The van der Waals surface area contributed by atoms with E-state index in [0.29, 0.717) is 17.9 Å². The van der Waals surface area contributed by atoms with Gasteiger partial charge in [-0.2, -0.15) is 0 Å². The molecule has 0 aromatic rings. The second-order valence-electron chi connectivity index (χ2n) is 5.50. The van der Waals surface area contributed by atoms with Gasteiger partial charge in [0.2, 0.25) is 0 Å². The minimum atomic E-state index is -0.803. The predicted molar refractivity (Wildman–Crippen MR) is 98.4 cm³/mol. The molecule has 10 heteroatoms. The van der Waals surface area contributed by atoms with E-state index in [1.54, 1.807) is 27.7 Å². The first kappa shape index (κ1) is 24.0. The molecular formula is C17H28N4O6. The molecule has 4 amide bonds. The lowest BCUT2D eigenvalue weighted by Gasteiger charge is -2.17. The van der Waals surface area contributed by atoms with Gasteiger partial charge in [0.1, 0.15) is 0 Å². The molecule has 27 heavy (non-hydrogen) atoms. The van der Waals surface area contributed by atoms with Crippen LogP contribution in [-0.2, 0) is 19.1 Å². The molecule has 0 heterocycles. The third kappa shape index (κ3) is 12.9. The number of nitrogens with one attached hydrogen (secondary N) is 4. The minimum Gasteiger partial charge on any atom is -0.450 e. The van der Waals surface area contributed by atoms with Crippen LogP contribution >= 0.6 is 0 Å². The molecule has 0 unspecified atom stereocenters. The molecule has 4 N–H and O–H groups in total. The smallest absolute Gasteiger partial charge is 0.414 e. The Labute approximate surface area is 158 Å². The largest absolute Gasteiger partial charge is 0.450 e. The molecule has 1 atom stereocenters. The van der Waals surface area contributed by atoms with E-state index in [1.165, 1.54) is 12.2 Å². The van der Waals surface area contributed by atoms with E-state index in [-0.39, 0.29) is 19.3 Å². The second kappa shape index (κ2) is 13.2. The summed E-state index contributed by atoms with van der Waals surface area (Å²) >= 11 is 0. The van der Waals surface area contributed by atoms with Gasteiger partial charge in [0.15, 0.2) is 0 Å². The summed E-state index contributed by atoms with van der Waals surface area (Å²) in [7, 11) is 0. The maximum atomic E-state index is 11.6. The van der Waals surface area contributed by atoms with Crippen LogP contribution in [0.3, 0.4) is 0 Å². The van der Waals surface area contributed by atoms with E-state index in [4.69, 9.17) is 0 Å². The molecule has 0 aromatic carbocycles. The molecule has 0 aliphatic heterocycles. The van der Waals surface area contributed by atoms with Crippen LogP contribution in [0, 0.1) is 0 Å². The van der Waals surface area contributed by atoms with E-state index in [1.807, 2.05) is 6.92 Å². The normalized spacial score (nSPS) is 12.5. The predicted octanol–water partition coefficient (Wildman–Crippen LogP) is 0.907. The average molecular weight is 384 g/mol. The fraction of sp³-hybridized carbons (Fsp3) is 0.529. The Bertz CT molecular complexity index is 600. The summed E-state index contributed by atoms with van der Waals surface area (Å²) < 4.78 is 9.22. The summed E-state index contributed by atoms with van der Waals surface area (Å²) in [6.07, 6.45) is 0.869. The number of hydrogen-bond acceptors (Lipinski definition) is 8. The van der Waals surface area contributed by atoms with Crippen LogP contribution < -0.4 is 21.3 Å². The molecular weight excluding hydrogens is 356 g/mol. The van der Waals surface area contributed by atoms with E-state index in [9.17, 15) is 19.2 Å². The lowest BCUT2D eigenvalue weighted by atomic mass is 10.3. The molecule has 0 aliphatic rings. The Kier molecular flexibility index (Phi) is 11.7. The van der Waals surface area contributed by atoms with Crippen molar-refractivity contribution in [1.82, 2.24) is 21.3 Å². The summed E-state index contributed by atoms with van der Waals surface area (Å²) in [6, 6.07) is -0.0897. The topological polar surface area (TPSA) is 135 Å². The molecule has 152 valence electrons. The summed E-state index contributed by atoms with van der Waals surface area (Å²) in [5.74, 6) is -1.18. The van der Waals surface area contributed by atoms with E-state index in [0.717, 1.165) is 0 Å². The van der Waals surface area contributed by atoms with Gasteiger partial charge in [-0.25, -0.2) is 9.59 Å². The molecule has 0 saturated heterocycles. The maximum Gasteiger partial charge on any atom is 0.414 e. The van der Waals surface area contributed by atoms with E-state index >= 15 is 0 Å². The number of rotatable bonds is 9.